The average Bonchev–Trinajstić information content (AvgIpc) is 3.00. The molecule has 9 heteroatoms. The largest absolute Gasteiger partial charge is 0.480 e. The normalized spacial score (nSPS) is 20.7. The molecule has 1 aliphatic heterocycles. The van der Waals surface area contributed by atoms with Crippen LogP contribution in [0.5, 0.6) is 0 Å². The van der Waals surface area contributed by atoms with Gasteiger partial charge in [0.15, 0.2) is 0 Å². The van der Waals surface area contributed by atoms with Crippen molar-refractivity contribution in [3.8, 4) is 0 Å². The Morgan fingerprint density at radius 3 is 2.20 bits per heavy atom. The van der Waals surface area contributed by atoms with E-state index in [4.69, 9.17) is 10.8 Å². The Morgan fingerprint density at radius 1 is 1.12 bits per heavy atom. The summed E-state index contributed by atoms with van der Waals surface area (Å²) in [5.74, 6) is -2.71. The first-order valence-corrected chi connectivity index (χ1v) is 8.45. The molecule has 0 saturated carbocycles. The summed E-state index contributed by atoms with van der Waals surface area (Å²) in [4.78, 5) is 49.3. The van der Waals surface area contributed by atoms with E-state index in [9.17, 15) is 19.2 Å². The summed E-state index contributed by atoms with van der Waals surface area (Å²) in [5.41, 5.74) is 5.62. The van der Waals surface area contributed by atoms with E-state index < -0.39 is 42.0 Å². The first-order valence-electron chi connectivity index (χ1n) is 8.45. The molecule has 5 N–H and O–H groups in total. The van der Waals surface area contributed by atoms with Gasteiger partial charge >= 0.3 is 5.97 Å². The number of carbonyl (C=O) groups excluding carboxylic acids is 3. The van der Waals surface area contributed by atoms with Crippen LogP contribution in [-0.2, 0) is 19.2 Å². The minimum absolute atomic E-state index is 0.246. The van der Waals surface area contributed by atoms with Gasteiger partial charge in [-0.25, -0.2) is 0 Å². The van der Waals surface area contributed by atoms with Crippen LogP contribution in [0.3, 0.4) is 0 Å². The molecule has 3 amide bonds. The molecule has 1 rings (SSSR count). The topological polar surface area (TPSA) is 142 Å². The minimum atomic E-state index is -1.16. The van der Waals surface area contributed by atoms with Gasteiger partial charge in [-0.1, -0.05) is 13.8 Å². The zero-order valence-corrected chi connectivity index (χ0v) is 15.1. The van der Waals surface area contributed by atoms with Gasteiger partial charge in [-0.05, 0) is 32.6 Å². The second-order valence-corrected chi connectivity index (χ2v) is 6.78. The lowest BCUT2D eigenvalue weighted by Gasteiger charge is -2.29. The summed E-state index contributed by atoms with van der Waals surface area (Å²) in [7, 11) is 0. The highest BCUT2D eigenvalue weighted by atomic mass is 16.4. The highest BCUT2D eigenvalue weighted by molar-refractivity contribution is 5.94. The number of hydrogen-bond donors (Lipinski definition) is 4. The predicted octanol–water partition coefficient (Wildman–Crippen LogP) is -0.945. The minimum Gasteiger partial charge on any atom is -0.480 e. The fourth-order valence-electron chi connectivity index (χ4n) is 2.71. The second kappa shape index (κ2) is 8.80. The lowest BCUT2D eigenvalue weighted by atomic mass is 10.0. The first-order chi connectivity index (χ1) is 11.6. The summed E-state index contributed by atoms with van der Waals surface area (Å²) in [6, 6.07) is -3.31. The Morgan fingerprint density at radius 2 is 1.72 bits per heavy atom. The number of amides is 3. The Kier molecular flexibility index (Phi) is 7.35. The van der Waals surface area contributed by atoms with Crippen molar-refractivity contribution < 1.29 is 24.3 Å². The number of hydrogen-bond acceptors (Lipinski definition) is 5. The maximum Gasteiger partial charge on any atom is 0.325 e. The number of carboxylic acids is 1. The summed E-state index contributed by atoms with van der Waals surface area (Å²) >= 11 is 0. The van der Waals surface area contributed by atoms with Crippen LogP contribution in [0.15, 0.2) is 0 Å². The number of carboxylic acid groups (broad SMARTS) is 1. The van der Waals surface area contributed by atoms with E-state index in [1.807, 2.05) is 0 Å². The molecule has 1 heterocycles. The number of carbonyl (C=O) groups is 4. The third-order valence-corrected chi connectivity index (χ3v) is 4.20. The molecule has 9 nitrogen and oxygen atoms in total. The molecule has 25 heavy (non-hydrogen) atoms. The Balaban J connectivity index is 2.80. The predicted molar refractivity (Wildman–Crippen MR) is 90.4 cm³/mol. The summed E-state index contributed by atoms with van der Waals surface area (Å²) in [6.45, 7) is 6.85. The maximum atomic E-state index is 12.6. The fraction of sp³-hybridized carbons (Fsp3) is 0.750. The van der Waals surface area contributed by atoms with Crippen molar-refractivity contribution in [3.05, 3.63) is 0 Å². The number of likely N-dealkylation sites (tertiary alicyclic amines) is 1. The van der Waals surface area contributed by atoms with Crippen LogP contribution >= 0.6 is 0 Å². The molecule has 0 bridgehead atoms. The third-order valence-electron chi connectivity index (χ3n) is 4.20. The van der Waals surface area contributed by atoms with E-state index in [0.717, 1.165) is 0 Å². The third kappa shape index (κ3) is 5.42. The smallest absolute Gasteiger partial charge is 0.325 e. The van der Waals surface area contributed by atoms with Gasteiger partial charge < -0.3 is 26.4 Å². The maximum absolute atomic E-state index is 12.6. The number of nitrogens with two attached hydrogens (primary N) is 1. The Labute approximate surface area is 147 Å². The van der Waals surface area contributed by atoms with E-state index >= 15 is 0 Å². The molecular formula is C16H28N4O5. The monoisotopic (exact) mass is 356 g/mol. The number of rotatable bonds is 7. The quantitative estimate of drug-likeness (QED) is 0.463. The van der Waals surface area contributed by atoms with Crippen molar-refractivity contribution in [2.24, 2.45) is 11.7 Å². The standard InChI is InChI=1S/C16H28N4O5/c1-8(2)12(14(22)18-10(4)16(24)25)19-13(21)11-6-5-7-20(11)15(23)9(3)17/h8-12H,5-7,17H2,1-4H3,(H,18,22)(H,19,21)(H,24,25)/t9-,10-,11-,12-/m0/s1. The van der Waals surface area contributed by atoms with Crippen LogP contribution in [0.25, 0.3) is 0 Å². The summed E-state index contributed by atoms with van der Waals surface area (Å²) in [6.07, 6.45) is 1.19. The lowest BCUT2D eigenvalue weighted by molar-refractivity contribution is -0.143. The van der Waals surface area contributed by atoms with Crippen molar-refractivity contribution >= 4 is 23.7 Å². The fourth-order valence-corrected chi connectivity index (χ4v) is 2.71. The van der Waals surface area contributed by atoms with Crippen LogP contribution in [0.1, 0.15) is 40.5 Å². The number of nitrogens with one attached hydrogen (secondary N) is 2. The van der Waals surface area contributed by atoms with E-state index in [2.05, 4.69) is 10.6 Å². The molecule has 4 atom stereocenters. The molecule has 0 aromatic heterocycles. The zero-order chi connectivity index (χ0) is 19.3. The number of aliphatic carboxylic acids is 1. The highest BCUT2D eigenvalue weighted by Gasteiger charge is 2.37. The van der Waals surface area contributed by atoms with Gasteiger partial charge in [0.05, 0.1) is 6.04 Å². The van der Waals surface area contributed by atoms with Gasteiger partial charge in [0.25, 0.3) is 0 Å². The van der Waals surface area contributed by atoms with Crippen molar-refractivity contribution in [2.75, 3.05) is 6.54 Å². The summed E-state index contributed by atoms with van der Waals surface area (Å²) in [5, 5.41) is 13.9. The van der Waals surface area contributed by atoms with Crippen molar-refractivity contribution in [3.63, 3.8) is 0 Å². The van der Waals surface area contributed by atoms with E-state index in [-0.39, 0.29) is 11.8 Å². The molecule has 142 valence electrons. The molecular weight excluding hydrogens is 328 g/mol. The van der Waals surface area contributed by atoms with Crippen LogP contribution in [-0.4, -0.2) is 64.4 Å². The van der Waals surface area contributed by atoms with Gasteiger partial charge in [0.2, 0.25) is 17.7 Å². The number of nitrogens with zero attached hydrogens (tertiary/aromatic N) is 1. The van der Waals surface area contributed by atoms with Gasteiger partial charge in [-0.2, -0.15) is 0 Å². The molecule has 0 unspecified atom stereocenters. The molecule has 1 aliphatic rings. The van der Waals surface area contributed by atoms with E-state index in [0.29, 0.717) is 19.4 Å². The molecule has 0 radical (unpaired) electrons. The molecule has 0 aromatic carbocycles. The summed E-state index contributed by atoms with van der Waals surface area (Å²) < 4.78 is 0. The van der Waals surface area contributed by atoms with Crippen LogP contribution in [0, 0.1) is 5.92 Å². The Bertz CT molecular complexity index is 535. The van der Waals surface area contributed by atoms with Crippen molar-refractivity contribution in [1.29, 1.82) is 0 Å². The van der Waals surface area contributed by atoms with Gasteiger partial charge in [-0.3, -0.25) is 19.2 Å². The second-order valence-electron chi connectivity index (χ2n) is 6.78. The van der Waals surface area contributed by atoms with Crippen LogP contribution in [0.4, 0.5) is 0 Å². The first kappa shape index (κ1) is 20.9. The molecule has 0 aromatic rings. The molecule has 0 spiro atoms. The van der Waals surface area contributed by atoms with E-state index in [1.165, 1.54) is 11.8 Å². The van der Waals surface area contributed by atoms with Crippen molar-refractivity contribution in [1.82, 2.24) is 15.5 Å². The van der Waals surface area contributed by atoms with Crippen LogP contribution in [0.2, 0.25) is 0 Å². The molecule has 1 fully saturated rings. The Hall–Kier alpha value is -2.16. The lowest BCUT2D eigenvalue weighted by Crippen LogP contribution is -2.57. The van der Waals surface area contributed by atoms with Gasteiger partial charge in [0.1, 0.15) is 18.1 Å². The van der Waals surface area contributed by atoms with E-state index in [1.54, 1.807) is 20.8 Å². The average molecular weight is 356 g/mol. The van der Waals surface area contributed by atoms with Gasteiger partial charge in [-0.15, -0.1) is 0 Å². The van der Waals surface area contributed by atoms with Crippen molar-refractivity contribution in [2.45, 2.75) is 64.7 Å². The van der Waals surface area contributed by atoms with Gasteiger partial charge in [0, 0.05) is 6.54 Å². The molecule has 1 saturated heterocycles. The zero-order valence-electron chi connectivity index (χ0n) is 15.1. The SMILES string of the molecule is CC(C)[C@H](NC(=O)[C@@H]1CCCN1C(=O)[C@H](C)N)C(=O)N[C@@H](C)C(=O)O. The van der Waals surface area contributed by atoms with Crippen LogP contribution < -0.4 is 16.4 Å². The molecule has 0 aliphatic carbocycles. The highest BCUT2D eigenvalue weighted by Crippen LogP contribution is 2.19.